The van der Waals surface area contributed by atoms with Gasteiger partial charge in [-0.15, -0.1) is 0 Å². The van der Waals surface area contributed by atoms with Crippen LogP contribution < -0.4 is 15.5 Å². The fourth-order valence-corrected chi connectivity index (χ4v) is 2.39. The molecule has 0 saturated carbocycles. The van der Waals surface area contributed by atoms with E-state index in [1.807, 2.05) is 12.1 Å². The predicted octanol–water partition coefficient (Wildman–Crippen LogP) is 1.44. The van der Waals surface area contributed by atoms with Crippen molar-refractivity contribution in [1.82, 2.24) is 0 Å². The monoisotopic (exact) mass is 293 g/mol. The molecule has 1 aliphatic heterocycles. The quantitative estimate of drug-likeness (QED) is 0.650. The standard InChI is InChI=1S/C15H24N4O2/c1-15(2,3)11-17-13-10-12(4-5-14(13)19(20)21)18-8-6-16-7-9-18/h4-5,10,16-17H,6-9,11H2,1-3H3/p+1. The zero-order chi connectivity index (χ0) is 15.5. The van der Waals surface area contributed by atoms with Crippen molar-refractivity contribution in [3.8, 4) is 0 Å². The first-order valence-electron chi connectivity index (χ1n) is 7.46. The maximum absolute atomic E-state index is 11.2. The van der Waals surface area contributed by atoms with Crippen LogP contribution in [0.3, 0.4) is 0 Å². The molecular weight excluding hydrogens is 268 g/mol. The molecule has 0 amide bonds. The lowest BCUT2D eigenvalue weighted by atomic mass is 9.97. The van der Waals surface area contributed by atoms with E-state index in [2.05, 4.69) is 36.3 Å². The normalized spacial score (nSPS) is 15.9. The molecule has 0 radical (unpaired) electrons. The molecule has 1 aromatic carbocycles. The van der Waals surface area contributed by atoms with E-state index in [1.54, 1.807) is 6.07 Å². The second kappa shape index (κ2) is 6.30. The molecule has 0 unspecified atom stereocenters. The number of anilines is 2. The van der Waals surface area contributed by atoms with Gasteiger partial charge in [0.2, 0.25) is 0 Å². The first kappa shape index (κ1) is 15.6. The van der Waals surface area contributed by atoms with Gasteiger partial charge in [-0.3, -0.25) is 10.1 Å². The van der Waals surface area contributed by atoms with E-state index in [9.17, 15) is 10.1 Å². The number of nitrogens with one attached hydrogen (secondary N) is 1. The third-order valence-corrected chi connectivity index (χ3v) is 3.56. The summed E-state index contributed by atoms with van der Waals surface area (Å²) in [6.07, 6.45) is 0. The van der Waals surface area contributed by atoms with Crippen molar-refractivity contribution in [2.75, 3.05) is 42.9 Å². The van der Waals surface area contributed by atoms with Crippen LogP contribution in [0.15, 0.2) is 18.2 Å². The van der Waals surface area contributed by atoms with Crippen LogP contribution in [0, 0.1) is 15.5 Å². The Labute approximate surface area is 125 Å². The van der Waals surface area contributed by atoms with E-state index in [0.29, 0.717) is 12.2 Å². The van der Waals surface area contributed by atoms with Crippen LogP contribution in [0.4, 0.5) is 17.1 Å². The van der Waals surface area contributed by atoms with Crippen LogP contribution in [0.2, 0.25) is 0 Å². The van der Waals surface area contributed by atoms with Crippen LogP contribution in [0.5, 0.6) is 0 Å². The summed E-state index contributed by atoms with van der Waals surface area (Å²) in [7, 11) is 0. The number of quaternary nitrogens is 1. The average Bonchev–Trinajstić information content (AvgIpc) is 2.45. The van der Waals surface area contributed by atoms with Crippen molar-refractivity contribution >= 4 is 17.1 Å². The predicted molar refractivity (Wildman–Crippen MR) is 84.9 cm³/mol. The highest BCUT2D eigenvalue weighted by Crippen LogP contribution is 2.30. The highest BCUT2D eigenvalue weighted by Gasteiger charge is 2.20. The molecule has 0 atom stereocenters. The van der Waals surface area contributed by atoms with Crippen molar-refractivity contribution in [2.45, 2.75) is 20.8 Å². The number of nitrogens with zero attached hydrogens (tertiary/aromatic N) is 2. The van der Waals surface area contributed by atoms with Gasteiger partial charge >= 0.3 is 0 Å². The van der Waals surface area contributed by atoms with E-state index in [-0.39, 0.29) is 16.0 Å². The number of nitro groups is 1. The van der Waals surface area contributed by atoms with Crippen LogP contribution in [0.1, 0.15) is 20.8 Å². The zero-order valence-corrected chi connectivity index (χ0v) is 13.1. The number of piperazine rings is 1. The summed E-state index contributed by atoms with van der Waals surface area (Å²) >= 11 is 0. The summed E-state index contributed by atoms with van der Waals surface area (Å²) in [5.41, 5.74) is 1.89. The van der Waals surface area contributed by atoms with Crippen molar-refractivity contribution < 1.29 is 10.2 Å². The SMILES string of the molecule is CC(C)(C)CNc1cc(N2CC[NH2+]CC2)ccc1[N+](=O)[O-]. The van der Waals surface area contributed by atoms with Crippen molar-refractivity contribution in [2.24, 2.45) is 5.41 Å². The fraction of sp³-hybridized carbons (Fsp3) is 0.600. The second-order valence-corrected chi connectivity index (χ2v) is 6.73. The van der Waals surface area contributed by atoms with Gasteiger partial charge in [0.25, 0.3) is 5.69 Å². The maximum atomic E-state index is 11.2. The van der Waals surface area contributed by atoms with Gasteiger partial charge in [0.15, 0.2) is 0 Å². The van der Waals surface area contributed by atoms with Gasteiger partial charge in [-0.25, -0.2) is 0 Å². The van der Waals surface area contributed by atoms with E-state index in [1.165, 1.54) is 0 Å². The van der Waals surface area contributed by atoms with E-state index < -0.39 is 0 Å². The first-order chi connectivity index (χ1) is 9.87. The van der Waals surface area contributed by atoms with Gasteiger partial charge < -0.3 is 15.5 Å². The average molecular weight is 293 g/mol. The van der Waals surface area contributed by atoms with Gasteiger partial charge in [-0.1, -0.05) is 20.8 Å². The molecular formula is C15H25N4O2+. The molecule has 1 aliphatic rings. The molecule has 1 aromatic rings. The van der Waals surface area contributed by atoms with Crippen molar-refractivity contribution in [1.29, 1.82) is 0 Å². The molecule has 6 nitrogen and oxygen atoms in total. The Morgan fingerprint density at radius 1 is 1.33 bits per heavy atom. The number of rotatable bonds is 4. The van der Waals surface area contributed by atoms with Crippen molar-refractivity contribution in [3.63, 3.8) is 0 Å². The summed E-state index contributed by atoms with van der Waals surface area (Å²) in [5, 5.41) is 16.7. The molecule has 3 N–H and O–H groups in total. The highest BCUT2D eigenvalue weighted by atomic mass is 16.6. The Morgan fingerprint density at radius 3 is 2.57 bits per heavy atom. The summed E-state index contributed by atoms with van der Waals surface area (Å²) in [4.78, 5) is 13.1. The zero-order valence-electron chi connectivity index (χ0n) is 13.1. The molecule has 0 bridgehead atoms. The van der Waals surface area contributed by atoms with Crippen LogP contribution in [-0.2, 0) is 0 Å². The topological polar surface area (TPSA) is 75.0 Å². The van der Waals surface area contributed by atoms with Gasteiger partial charge in [0.05, 0.1) is 31.1 Å². The number of nitro benzene ring substituents is 1. The van der Waals surface area contributed by atoms with Crippen LogP contribution in [0.25, 0.3) is 0 Å². The lowest BCUT2D eigenvalue weighted by Crippen LogP contribution is -2.89. The van der Waals surface area contributed by atoms with E-state index in [4.69, 9.17) is 0 Å². The molecule has 0 aliphatic carbocycles. The third-order valence-electron chi connectivity index (χ3n) is 3.56. The number of hydrogen-bond acceptors (Lipinski definition) is 4. The molecule has 0 spiro atoms. The van der Waals surface area contributed by atoms with Crippen LogP contribution >= 0.6 is 0 Å². The minimum absolute atomic E-state index is 0.0734. The summed E-state index contributed by atoms with van der Waals surface area (Å²) in [6, 6.07) is 5.37. The number of hydrogen-bond donors (Lipinski definition) is 2. The Bertz CT molecular complexity index is 505. The summed E-state index contributed by atoms with van der Waals surface area (Å²) in [6.45, 7) is 11.1. The Morgan fingerprint density at radius 2 is 2.00 bits per heavy atom. The lowest BCUT2D eigenvalue weighted by Gasteiger charge is -2.28. The Hall–Kier alpha value is -1.82. The van der Waals surface area contributed by atoms with E-state index >= 15 is 0 Å². The third kappa shape index (κ3) is 4.32. The molecule has 1 fully saturated rings. The highest BCUT2D eigenvalue weighted by molar-refractivity contribution is 5.69. The molecule has 1 saturated heterocycles. The number of nitrogens with two attached hydrogens (primary N) is 1. The summed E-state index contributed by atoms with van der Waals surface area (Å²) < 4.78 is 0. The van der Waals surface area contributed by atoms with E-state index in [0.717, 1.165) is 31.9 Å². The molecule has 116 valence electrons. The largest absolute Gasteiger partial charge is 0.379 e. The van der Waals surface area contributed by atoms with Crippen LogP contribution in [-0.4, -0.2) is 37.6 Å². The van der Waals surface area contributed by atoms with Crippen molar-refractivity contribution in [3.05, 3.63) is 28.3 Å². The minimum atomic E-state index is -0.321. The molecule has 21 heavy (non-hydrogen) atoms. The second-order valence-electron chi connectivity index (χ2n) is 6.73. The Kier molecular flexibility index (Phi) is 4.67. The maximum Gasteiger partial charge on any atom is 0.292 e. The smallest absolute Gasteiger partial charge is 0.292 e. The first-order valence-corrected chi connectivity index (χ1v) is 7.46. The minimum Gasteiger partial charge on any atom is -0.379 e. The van der Waals surface area contributed by atoms with Gasteiger partial charge in [0.1, 0.15) is 5.69 Å². The fourth-order valence-electron chi connectivity index (χ4n) is 2.39. The Balaban J connectivity index is 2.23. The lowest BCUT2D eigenvalue weighted by molar-refractivity contribution is -0.655. The molecule has 0 aromatic heterocycles. The number of benzene rings is 1. The molecule has 6 heteroatoms. The molecule has 2 rings (SSSR count). The van der Waals surface area contributed by atoms with Gasteiger partial charge in [-0.05, 0) is 17.5 Å². The summed E-state index contributed by atoms with van der Waals surface area (Å²) in [5.74, 6) is 0. The molecule has 1 heterocycles. The van der Waals surface area contributed by atoms with Gasteiger partial charge in [-0.2, -0.15) is 0 Å². The van der Waals surface area contributed by atoms with Gasteiger partial charge in [0, 0.05) is 18.3 Å².